The van der Waals surface area contributed by atoms with Gasteiger partial charge in [0.05, 0.1) is 6.61 Å². The molecule has 0 aliphatic carbocycles. The lowest BCUT2D eigenvalue weighted by molar-refractivity contribution is -0.231. The van der Waals surface area contributed by atoms with E-state index in [1.54, 1.807) is 0 Å². The van der Waals surface area contributed by atoms with E-state index in [1.807, 2.05) is 13.8 Å². The van der Waals surface area contributed by atoms with Gasteiger partial charge in [-0.3, -0.25) is 0 Å². The third-order valence-electron chi connectivity index (χ3n) is 3.22. The van der Waals surface area contributed by atoms with Crippen LogP contribution >= 0.6 is 0 Å². The summed E-state index contributed by atoms with van der Waals surface area (Å²) in [7, 11) is 0. The summed E-state index contributed by atoms with van der Waals surface area (Å²) in [5.41, 5.74) is 0. The molecule has 0 amide bonds. The Morgan fingerprint density at radius 2 is 1.87 bits per heavy atom. The lowest BCUT2D eigenvalue weighted by atomic mass is 10.1. The smallest absolute Gasteiger partial charge is 0.183 e. The maximum atomic E-state index is 9.69. The Balaban J connectivity index is 2.11. The summed E-state index contributed by atoms with van der Waals surface area (Å²) in [6.45, 7) is 4.22. The van der Waals surface area contributed by atoms with Gasteiger partial charge in [-0.15, -0.1) is 0 Å². The molecule has 88 valence electrons. The molecule has 0 bridgehead atoms. The highest BCUT2D eigenvalue weighted by molar-refractivity contribution is 4.92. The number of fused-ring (bicyclic) bond motifs is 1. The second kappa shape index (κ2) is 3.99. The molecule has 2 fully saturated rings. The molecule has 0 aromatic heterocycles. The first kappa shape index (κ1) is 11.3. The number of hydrogen-bond acceptors (Lipinski definition) is 5. The van der Waals surface area contributed by atoms with Crippen molar-refractivity contribution in [2.75, 3.05) is 6.61 Å². The van der Waals surface area contributed by atoms with Crippen LogP contribution in [0.3, 0.4) is 0 Å². The largest absolute Gasteiger partial charge is 0.385 e. The number of aliphatic hydroxyl groups excluding tert-OH is 2. The highest BCUT2D eigenvalue weighted by atomic mass is 16.8. The molecule has 0 aromatic rings. The van der Waals surface area contributed by atoms with E-state index in [2.05, 4.69) is 0 Å². The predicted molar refractivity (Wildman–Crippen MR) is 51.0 cm³/mol. The van der Waals surface area contributed by atoms with Crippen molar-refractivity contribution in [3.05, 3.63) is 0 Å². The molecule has 0 aromatic carbocycles. The molecule has 4 unspecified atom stereocenters. The summed E-state index contributed by atoms with van der Waals surface area (Å²) in [4.78, 5) is 0. The van der Waals surface area contributed by atoms with Gasteiger partial charge >= 0.3 is 0 Å². The Labute approximate surface area is 88.9 Å². The van der Waals surface area contributed by atoms with E-state index < -0.39 is 24.3 Å². The van der Waals surface area contributed by atoms with Crippen LogP contribution in [-0.4, -0.2) is 47.2 Å². The van der Waals surface area contributed by atoms with E-state index in [0.717, 1.165) is 12.8 Å². The molecule has 0 saturated carbocycles. The highest BCUT2D eigenvalue weighted by Crippen LogP contribution is 2.38. The summed E-state index contributed by atoms with van der Waals surface area (Å²) in [6, 6.07) is 0. The normalized spacial score (nSPS) is 44.0. The Bertz CT molecular complexity index is 228. The first-order valence-corrected chi connectivity index (χ1v) is 5.45. The molecule has 15 heavy (non-hydrogen) atoms. The number of aliphatic hydroxyl groups is 2. The molecule has 2 N–H and O–H groups in total. The van der Waals surface area contributed by atoms with Gasteiger partial charge in [0.25, 0.3) is 0 Å². The summed E-state index contributed by atoms with van der Waals surface area (Å²) < 4.78 is 16.5. The second-order valence-electron chi connectivity index (χ2n) is 4.07. The molecule has 2 saturated heterocycles. The van der Waals surface area contributed by atoms with Crippen LogP contribution in [0, 0.1) is 0 Å². The van der Waals surface area contributed by atoms with E-state index in [1.165, 1.54) is 0 Å². The first-order chi connectivity index (χ1) is 7.12. The fourth-order valence-electron chi connectivity index (χ4n) is 2.15. The van der Waals surface area contributed by atoms with Crippen molar-refractivity contribution in [2.24, 2.45) is 0 Å². The van der Waals surface area contributed by atoms with Crippen LogP contribution in [0.1, 0.15) is 26.7 Å². The van der Waals surface area contributed by atoms with Crippen molar-refractivity contribution in [3.8, 4) is 0 Å². The van der Waals surface area contributed by atoms with E-state index >= 15 is 0 Å². The molecule has 2 aliphatic heterocycles. The van der Waals surface area contributed by atoms with Gasteiger partial charge in [-0.1, -0.05) is 13.8 Å². The summed E-state index contributed by atoms with van der Waals surface area (Å²) >= 11 is 0. The van der Waals surface area contributed by atoms with Crippen molar-refractivity contribution < 1.29 is 24.4 Å². The van der Waals surface area contributed by atoms with Crippen LogP contribution in [0.4, 0.5) is 0 Å². The zero-order valence-electron chi connectivity index (χ0n) is 9.05. The van der Waals surface area contributed by atoms with Gasteiger partial charge in [0.15, 0.2) is 12.1 Å². The molecular weight excluding hydrogens is 200 g/mol. The van der Waals surface area contributed by atoms with Gasteiger partial charge in [0.2, 0.25) is 0 Å². The zero-order valence-corrected chi connectivity index (χ0v) is 9.05. The molecular formula is C10H18O5. The SMILES string of the molecule is CCC1(CC)OC2COC(O)C(O)C2O1. The third kappa shape index (κ3) is 1.79. The zero-order chi connectivity index (χ0) is 11.1. The van der Waals surface area contributed by atoms with E-state index in [-0.39, 0.29) is 12.7 Å². The molecule has 2 aliphatic rings. The number of rotatable bonds is 2. The predicted octanol–water partition coefficient (Wildman–Crippen LogP) is -0.00380. The van der Waals surface area contributed by atoms with Gasteiger partial charge in [0.1, 0.15) is 18.3 Å². The van der Waals surface area contributed by atoms with Crippen molar-refractivity contribution in [1.29, 1.82) is 0 Å². The standard InChI is InChI=1S/C10H18O5/c1-3-10(4-2)14-6-5-13-9(12)7(11)8(6)15-10/h6-9,11-12H,3-5H2,1-2H3. The number of hydrogen-bond donors (Lipinski definition) is 2. The van der Waals surface area contributed by atoms with E-state index in [0.29, 0.717) is 0 Å². The minimum absolute atomic E-state index is 0.268. The third-order valence-corrected chi connectivity index (χ3v) is 3.22. The lowest BCUT2D eigenvalue weighted by Crippen LogP contribution is -2.51. The Morgan fingerprint density at radius 3 is 2.47 bits per heavy atom. The Kier molecular flexibility index (Phi) is 3.00. The van der Waals surface area contributed by atoms with Crippen molar-refractivity contribution in [1.82, 2.24) is 0 Å². The van der Waals surface area contributed by atoms with Crippen molar-refractivity contribution in [2.45, 2.75) is 57.1 Å². The van der Waals surface area contributed by atoms with Gasteiger partial charge in [-0.2, -0.15) is 0 Å². The summed E-state index contributed by atoms with van der Waals surface area (Å²) in [5, 5.41) is 19.0. The molecule has 5 nitrogen and oxygen atoms in total. The summed E-state index contributed by atoms with van der Waals surface area (Å²) in [5.74, 6) is -0.621. The highest BCUT2D eigenvalue weighted by Gasteiger charge is 2.52. The van der Waals surface area contributed by atoms with Crippen LogP contribution in [0.5, 0.6) is 0 Å². The van der Waals surface area contributed by atoms with Crippen LogP contribution < -0.4 is 0 Å². The fraction of sp³-hybridized carbons (Fsp3) is 1.00. The maximum Gasteiger partial charge on any atom is 0.183 e. The van der Waals surface area contributed by atoms with E-state index in [9.17, 15) is 10.2 Å². The maximum absolute atomic E-state index is 9.69. The minimum Gasteiger partial charge on any atom is -0.385 e. The topological polar surface area (TPSA) is 68.2 Å². The monoisotopic (exact) mass is 218 g/mol. The Morgan fingerprint density at radius 1 is 1.20 bits per heavy atom. The first-order valence-electron chi connectivity index (χ1n) is 5.45. The average molecular weight is 218 g/mol. The van der Waals surface area contributed by atoms with Crippen molar-refractivity contribution >= 4 is 0 Å². The molecule has 2 rings (SSSR count). The quantitative estimate of drug-likeness (QED) is 0.682. The molecule has 4 atom stereocenters. The molecule has 0 radical (unpaired) electrons. The van der Waals surface area contributed by atoms with E-state index in [4.69, 9.17) is 14.2 Å². The van der Waals surface area contributed by atoms with Crippen molar-refractivity contribution in [3.63, 3.8) is 0 Å². The second-order valence-corrected chi connectivity index (χ2v) is 4.07. The average Bonchev–Trinajstić information content (AvgIpc) is 2.64. The van der Waals surface area contributed by atoms with Crippen LogP contribution in [-0.2, 0) is 14.2 Å². The summed E-state index contributed by atoms with van der Waals surface area (Å²) in [6.07, 6.45) is -1.50. The van der Waals surface area contributed by atoms with Gasteiger partial charge in [-0.05, 0) is 12.8 Å². The molecule has 2 heterocycles. The Hall–Kier alpha value is -0.200. The van der Waals surface area contributed by atoms with Gasteiger partial charge < -0.3 is 24.4 Å². The van der Waals surface area contributed by atoms with Gasteiger partial charge in [0, 0.05) is 0 Å². The lowest BCUT2D eigenvalue weighted by Gasteiger charge is -2.31. The molecule has 5 heteroatoms. The van der Waals surface area contributed by atoms with Crippen LogP contribution in [0.2, 0.25) is 0 Å². The van der Waals surface area contributed by atoms with Crippen LogP contribution in [0.25, 0.3) is 0 Å². The number of ether oxygens (including phenoxy) is 3. The fourth-order valence-corrected chi connectivity index (χ4v) is 2.15. The molecule has 0 spiro atoms. The van der Waals surface area contributed by atoms with Gasteiger partial charge in [-0.25, -0.2) is 0 Å². The van der Waals surface area contributed by atoms with Crippen LogP contribution in [0.15, 0.2) is 0 Å². The minimum atomic E-state index is -1.17.